The minimum Gasteiger partial charge on any atom is -0.476 e. The second kappa shape index (κ2) is 7.02. The average Bonchev–Trinajstić information content (AvgIpc) is 3.24. The standard InChI is InChI=1S/C21H19F3N2O2S/c1-11-3-5-15(12(2)7-11)18-9-13-8-14(21(22,23)24)4-6-17(13)26(18)20-25-16(10-29-20)19(27)28/h3,5,7,9-10,14H,4,6,8H2,1-2H3,(H,27,28). The average molecular weight is 420 g/mol. The van der Waals surface area contributed by atoms with E-state index in [9.17, 15) is 23.1 Å². The quantitative estimate of drug-likeness (QED) is 0.602. The second-order valence-electron chi connectivity index (χ2n) is 7.46. The lowest BCUT2D eigenvalue weighted by Crippen LogP contribution is -2.29. The van der Waals surface area contributed by atoms with Gasteiger partial charge in [0.1, 0.15) is 0 Å². The number of benzene rings is 1. The SMILES string of the molecule is Cc1ccc(-c2cc3c(n2-c2nc(C(=O)O)cs2)CCC(C(F)(F)F)C3)c(C)c1. The van der Waals surface area contributed by atoms with Gasteiger partial charge in [0, 0.05) is 16.6 Å². The topological polar surface area (TPSA) is 55.1 Å². The van der Waals surface area contributed by atoms with E-state index in [2.05, 4.69) is 4.98 Å². The molecule has 1 unspecified atom stereocenters. The number of aryl methyl sites for hydroxylation is 2. The van der Waals surface area contributed by atoms with Gasteiger partial charge in [0.15, 0.2) is 10.8 Å². The Morgan fingerprint density at radius 1 is 1.28 bits per heavy atom. The maximum Gasteiger partial charge on any atom is 0.392 e. The van der Waals surface area contributed by atoms with Crippen LogP contribution in [0.25, 0.3) is 16.4 Å². The molecule has 0 spiro atoms. The van der Waals surface area contributed by atoms with E-state index in [1.54, 1.807) is 0 Å². The maximum absolute atomic E-state index is 13.3. The largest absolute Gasteiger partial charge is 0.476 e. The molecule has 0 fully saturated rings. The zero-order chi connectivity index (χ0) is 20.9. The monoisotopic (exact) mass is 420 g/mol. The van der Waals surface area contributed by atoms with Crippen LogP contribution in [0, 0.1) is 19.8 Å². The Labute approximate surface area is 169 Å². The molecule has 0 amide bonds. The highest BCUT2D eigenvalue weighted by atomic mass is 32.1. The van der Waals surface area contributed by atoms with Crippen molar-refractivity contribution in [3.8, 4) is 16.4 Å². The number of fused-ring (bicyclic) bond motifs is 1. The Bertz CT molecular complexity index is 1100. The molecular formula is C21H19F3N2O2S. The number of halogens is 3. The minimum absolute atomic E-state index is 0.0179. The van der Waals surface area contributed by atoms with Crippen molar-refractivity contribution in [1.82, 2.24) is 9.55 Å². The molecule has 1 aromatic carbocycles. The summed E-state index contributed by atoms with van der Waals surface area (Å²) >= 11 is 1.18. The Morgan fingerprint density at radius 2 is 2.03 bits per heavy atom. The molecule has 29 heavy (non-hydrogen) atoms. The molecule has 1 N–H and O–H groups in total. The van der Waals surface area contributed by atoms with Crippen LogP contribution in [0.4, 0.5) is 13.2 Å². The Balaban J connectivity index is 1.90. The summed E-state index contributed by atoms with van der Waals surface area (Å²) in [4.78, 5) is 15.5. The van der Waals surface area contributed by atoms with Crippen LogP contribution in [0.1, 0.15) is 39.3 Å². The number of aromatic nitrogens is 2. The highest BCUT2D eigenvalue weighted by molar-refractivity contribution is 7.12. The number of carboxylic acid groups (broad SMARTS) is 1. The first-order valence-electron chi connectivity index (χ1n) is 9.22. The van der Waals surface area contributed by atoms with E-state index in [0.717, 1.165) is 28.1 Å². The third kappa shape index (κ3) is 3.57. The fraction of sp³-hybridized carbons (Fsp3) is 0.333. The zero-order valence-electron chi connectivity index (χ0n) is 15.9. The summed E-state index contributed by atoms with van der Waals surface area (Å²) in [5.41, 5.74) is 5.12. The summed E-state index contributed by atoms with van der Waals surface area (Å²) in [6, 6.07) is 7.75. The van der Waals surface area contributed by atoms with Crippen LogP contribution in [0.15, 0.2) is 29.6 Å². The molecule has 2 aromatic heterocycles. The third-order valence-corrected chi connectivity index (χ3v) is 6.24. The summed E-state index contributed by atoms with van der Waals surface area (Å²) in [6.45, 7) is 3.94. The summed E-state index contributed by atoms with van der Waals surface area (Å²) in [6.07, 6.45) is -4.01. The van der Waals surface area contributed by atoms with E-state index < -0.39 is 18.1 Å². The van der Waals surface area contributed by atoms with Gasteiger partial charge in [0.05, 0.1) is 11.6 Å². The van der Waals surface area contributed by atoms with E-state index in [-0.39, 0.29) is 25.0 Å². The second-order valence-corrected chi connectivity index (χ2v) is 8.29. The molecule has 4 nitrogen and oxygen atoms in total. The van der Waals surface area contributed by atoms with Crippen molar-refractivity contribution in [2.75, 3.05) is 0 Å². The van der Waals surface area contributed by atoms with Crippen molar-refractivity contribution < 1.29 is 23.1 Å². The fourth-order valence-corrected chi connectivity index (χ4v) is 4.83. The maximum atomic E-state index is 13.3. The Kier molecular flexibility index (Phi) is 4.77. The van der Waals surface area contributed by atoms with Gasteiger partial charge >= 0.3 is 12.1 Å². The van der Waals surface area contributed by atoms with Crippen molar-refractivity contribution in [2.45, 2.75) is 39.3 Å². The normalized spacial score (nSPS) is 16.7. The lowest BCUT2D eigenvalue weighted by Gasteiger charge is -2.25. The molecule has 0 radical (unpaired) electrons. The highest BCUT2D eigenvalue weighted by Crippen LogP contribution is 2.41. The summed E-state index contributed by atoms with van der Waals surface area (Å²) < 4.78 is 41.8. The number of alkyl halides is 3. The number of hydrogen-bond acceptors (Lipinski definition) is 3. The van der Waals surface area contributed by atoms with E-state index in [4.69, 9.17) is 0 Å². The number of carbonyl (C=O) groups is 1. The predicted octanol–water partition coefficient (Wildman–Crippen LogP) is 5.58. The first kappa shape index (κ1) is 19.7. The van der Waals surface area contributed by atoms with Crippen LogP contribution in [-0.4, -0.2) is 26.8 Å². The molecule has 2 heterocycles. The number of carboxylic acids is 1. The van der Waals surface area contributed by atoms with E-state index in [1.165, 1.54) is 16.7 Å². The van der Waals surface area contributed by atoms with Crippen LogP contribution >= 0.6 is 11.3 Å². The van der Waals surface area contributed by atoms with Gasteiger partial charge < -0.3 is 5.11 Å². The van der Waals surface area contributed by atoms with Crippen LogP contribution in [0.2, 0.25) is 0 Å². The molecule has 0 bridgehead atoms. The summed E-state index contributed by atoms with van der Waals surface area (Å²) in [5.74, 6) is -2.48. The number of nitrogens with zero attached hydrogens (tertiary/aromatic N) is 2. The number of aromatic carboxylic acids is 1. The van der Waals surface area contributed by atoms with E-state index in [1.807, 2.05) is 42.7 Å². The van der Waals surface area contributed by atoms with Gasteiger partial charge in [-0.1, -0.05) is 23.8 Å². The van der Waals surface area contributed by atoms with Gasteiger partial charge in [-0.15, -0.1) is 11.3 Å². The predicted molar refractivity (Wildman–Crippen MR) is 105 cm³/mol. The molecule has 4 rings (SSSR count). The van der Waals surface area contributed by atoms with Crippen molar-refractivity contribution >= 4 is 17.3 Å². The first-order chi connectivity index (χ1) is 13.6. The molecular weight excluding hydrogens is 401 g/mol. The lowest BCUT2D eigenvalue weighted by atomic mass is 9.87. The molecule has 0 aliphatic heterocycles. The zero-order valence-corrected chi connectivity index (χ0v) is 16.7. The van der Waals surface area contributed by atoms with Crippen molar-refractivity contribution in [1.29, 1.82) is 0 Å². The molecule has 152 valence electrons. The van der Waals surface area contributed by atoms with Crippen LogP contribution in [-0.2, 0) is 12.8 Å². The van der Waals surface area contributed by atoms with Gasteiger partial charge in [0.25, 0.3) is 0 Å². The molecule has 8 heteroatoms. The van der Waals surface area contributed by atoms with Gasteiger partial charge in [-0.25, -0.2) is 9.78 Å². The van der Waals surface area contributed by atoms with E-state index in [0.29, 0.717) is 10.7 Å². The number of hydrogen-bond donors (Lipinski definition) is 1. The van der Waals surface area contributed by atoms with Crippen LogP contribution < -0.4 is 0 Å². The molecule has 1 atom stereocenters. The molecule has 0 saturated heterocycles. The Morgan fingerprint density at radius 3 is 2.66 bits per heavy atom. The van der Waals surface area contributed by atoms with Crippen LogP contribution in [0.3, 0.4) is 0 Å². The number of rotatable bonds is 3. The molecule has 0 saturated carbocycles. The lowest BCUT2D eigenvalue weighted by molar-refractivity contribution is -0.177. The van der Waals surface area contributed by atoms with Crippen molar-refractivity contribution in [2.24, 2.45) is 5.92 Å². The first-order valence-corrected chi connectivity index (χ1v) is 10.1. The smallest absolute Gasteiger partial charge is 0.392 e. The van der Waals surface area contributed by atoms with Crippen molar-refractivity contribution in [3.05, 3.63) is 57.7 Å². The van der Waals surface area contributed by atoms with Gasteiger partial charge in [-0.05, 0) is 50.3 Å². The van der Waals surface area contributed by atoms with Gasteiger partial charge in [-0.2, -0.15) is 13.2 Å². The van der Waals surface area contributed by atoms with Crippen molar-refractivity contribution in [3.63, 3.8) is 0 Å². The summed E-state index contributed by atoms with van der Waals surface area (Å²) in [7, 11) is 0. The number of thiazole rings is 1. The summed E-state index contributed by atoms with van der Waals surface area (Å²) in [5, 5.41) is 11.1. The highest BCUT2D eigenvalue weighted by Gasteiger charge is 2.42. The third-order valence-electron chi connectivity index (χ3n) is 5.41. The molecule has 3 aromatic rings. The molecule has 1 aliphatic rings. The van der Waals surface area contributed by atoms with Crippen LogP contribution in [0.5, 0.6) is 0 Å². The fourth-order valence-electron chi connectivity index (χ4n) is 3.99. The Hall–Kier alpha value is -2.61. The van der Waals surface area contributed by atoms with Gasteiger partial charge in [0.2, 0.25) is 0 Å². The molecule has 1 aliphatic carbocycles. The van der Waals surface area contributed by atoms with E-state index >= 15 is 0 Å². The minimum atomic E-state index is -4.22. The van der Waals surface area contributed by atoms with Gasteiger partial charge in [-0.3, -0.25) is 4.57 Å².